The molecule has 37 heavy (non-hydrogen) atoms. The highest BCUT2D eigenvalue weighted by atomic mass is 16.5. The van der Waals surface area contributed by atoms with E-state index in [2.05, 4.69) is 11.5 Å². The van der Waals surface area contributed by atoms with E-state index in [1.807, 2.05) is 63.4 Å². The van der Waals surface area contributed by atoms with Crippen LogP contribution in [0.3, 0.4) is 0 Å². The maximum atomic E-state index is 13.5. The molecule has 6 nitrogen and oxygen atoms in total. The van der Waals surface area contributed by atoms with Crippen LogP contribution in [-0.2, 0) is 16.6 Å². The van der Waals surface area contributed by atoms with E-state index in [1.165, 1.54) is 0 Å². The summed E-state index contributed by atoms with van der Waals surface area (Å²) in [6, 6.07) is 11.4. The second-order valence-electron chi connectivity index (χ2n) is 11.5. The molecule has 6 heteroatoms. The summed E-state index contributed by atoms with van der Waals surface area (Å²) in [6.07, 6.45) is 7.93. The number of ether oxygens (including phenoxy) is 1. The minimum Gasteiger partial charge on any atom is -0.504 e. The van der Waals surface area contributed by atoms with Crippen LogP contribution in [-0.4, -0.2) is 69.3 Å². The summed E-state index contributed by atoms with van der Waals surface area (Å²) in [7, 11) is 1.83. The van der Waals surface area contributed by atoms with Gasteiger partial charge >= 0.3 is 0 Å². The van der Waals surface area contributed by atoms with Crippen molar-refractivity contribution in [1.82, 2.24) is 9.80 Å². The lowest BCUT2D eigenvalue weighted by molar-refractivity contribution is -0.227. The zero-order valence-corrected chi connectivity index (χ0v) is 21.9. The molecule has 1 saturated carbocycles. The summed E-state index contributed by atoms with van der Waals surface area (Å²) in [5, 5.41) is 23.5. The summed E-state index contributed by atoms with van der Waals surface area (Å²) < 4.78 is 6.75. The highest BCUT2D eigenvalue weighted by Gasteiger charge is 2.78. The Labute approximate surface area is 218 Å². The van der Waals surface area contributed by atoms with Gasteiger partial charge in [0.25, 0.3) is 0 Å². The summed E-state index contributed by atoms with van der Waals surface area (Å²) >= 11 is 0. The van der Waals surface area contributed by atoms with Crippen molar-refractivity contribution in [2.45, 2.75) is 68.2 Å². The summed E-state index contributed by atoms with van der Waals surface area (Å²) in [6.45, 7) is 9.54. The van der Waals surface area contributed by atoms with Crippen molar-refractivity contribution in [3.05, 3.63) is 77.4 Å². The molecule has 2 N–H and O–H groups in total. The van der Waals surface area contributed by atoms with Crippen LogP contribution in [0.25, 0.3) is 6.08 Å². The Kier molecular flexibility index (Phi) is 5.38. The van der Waals surface area contributed by atoms with Gasteiger partial charge in [-0.25, -0.2) is 0 Å². The third kappa shape index (κ3) is 3.09. The molecular formula is C31H36N2O4. The predicted octanol–water partition coefficient (Wildman–Crippen LogP) is 3.97. The lowest BCUT2D eigenvalue weighted by Gasteiger charge is -2.67. The van der Waals surface area contributed by atoms with Crippen LogP contribution >= 0.6 is 0 Å². The molecule has 1 amide bonds. The standard InChI is InChI=1S/C31H36N2O4/c1-5-16-33-17-15-30-27-22-10-11-23(34)28(27)37-29(30,3)24(13-14-31(30,36)25(33)19-22)32(4)26(35)12-9-21-8-6-7-20(2)18-21/h5-12,18,24-25,34,36H,1,13-17,19H2,2-4H3/t24-,25+,29-,30-,31+/m0/s1. The number of phenolic OH excluding ortho intramolecular Hbond substituents is 1. The van der Waals surface area contributed by atoms with Gasteiger partial charge in [0.15, 0.2) is 11.5 Å². The molecule has 0 radical (unpaired) electrons. The first kappa shape index (κ1) is 24.3. The molecule has 4 aliphatic rings. The number of amides is 1. The maximum absolute atomic E-state index is 13.5. The molecule has 2 bridgehead atoms. The average Bonchev–Trinajstić information content (AvgIpc) is 3.15. The smallest absolute Gasteiger partial charge is 0.246 e. The number of aryl methyl sites for hydroxylation is 1. The number of hydrogen-bond acceptors (Lipinski definition) is 5. The number of likely N-dealkylation sites (tertiary alicyclic amines) is 1. The molecule has 0 aromatic heterocycles. The van der Waals surface area contributed by atoms with Gasteiger partial charge in [-0.3, -0.25) is 9.69 Å². The van der Waals surface area contributed by atoms with Gasteiger partial charge in [0.1, 0.15) is 5.60 Å². The number of benzene rings is 2. The number of likely N-dealkylation sites (N-methyl/N-ethyl adjacent to an activating group) is 1. The van der Waals surface area contributed by atoms with Crippen molar-refractivity contribution in [2.24, 2.45) is 0 Å². The van der Waals surface area contributed by atoms with Crippen molar-refractivity contribution in [1.29, 1.82) is 0 Å². The number of carbonyl (C=O) groups excluding carboxylic acids is 1. The largest absolute Gasteiger partial charge is 0.504 e. The number of carbonyl (C=O) groups is 1. The van der Waals surface area contributed by atoms with Gasteiger partial charge in [0, 0.05) is 37.8 Å². The Morgan fingerprint density at radius 3 is 2.86 bits per heavy atom. The van der Waals surface area contributed by atoms with Gasteiger partial charge in [0.2, 0.25) is 5.91 Å². The third-order valence-electron chi connectivity index (χ3n) is 9.80. The molecule has 6 rings (SSSR count). The van der Waals surface area contributed by atoms with Gasteiger partial charge in [-0.15, -0.1) is 6.58 Å². The van der Waals surface area contributed by atoms with Crippen LogP contribution in [0.4, 0.5) is 0 Å². The third-order valence-corrected chi connectivity index (χ3v) is 9.80. The number of nitrogens with zero attached hydrogens (tertiary/aromatic N) is 2. The van der Waals surface area contributed by atoms with E-state index in [4.69, 9.17) is 4.74 Å². The predicted molar refractivity (Wildman–Crippen MR) is 144 cm³/mol. The van der Waals surface area contributed by atoms with E-state index in [0.29, 0.717) is 38.0 Å². The first-order valence-electron chi connectivity index (χ1n) is 13.3. The fraction of sp³-hybridized carbons (Fsp3) is 0.452. The molecule has 1 spiro atoms. The molecule has 194 valence electrons. The van der Waals surface area contributed by atoms with Crippen LogP contribution in [0.5, 0.6) is 11.5 Å². The highest BCUT2D eigenvalue weighted by Crippen LogP contribution is 2.69. The number of hydrogen-bond donors (Lipinski definition) is 2. The Hall–Kier alpha value is -3.09. The van der Waals surface area contributed by atoms with E-state index in [-0.39, 0.29) is 23.7 Å². The van der Waals surface area contributed by atoms with Gasteiger partial charge in [0.05, 0.1) is 17.1 Å². The fourth-order valence-electron chi connectivity index (χ4n) is 8.22. The lowest BCUT2D eigenvalue weighted by Crippen LogP contribution is -2.82. The second kappa shape index (κ2) is 8.20. The quantitative estimate of drug-likeness (QED) is 0.480. The Morgan fingerprint density at radius 2 is 2.11 bits per heavy atom. The van der Waals surface area contributed by atoms with Crippen LogP contribution in [0.2, 0.25) is 0 Å². The summed E-state index contributed by atoms with van der Waals surface area (Å²) in [5.74, 6) is 0.484. The lowest BCUT2D eigenvalue weighted by atomic mass is 9.44. The molecular weight excluding hydrogens is 464 g/mol. The topological polar surface area (TPSA) is 73.2 Å². The summed E-state index contributed by atoms with van der Waals surface area (Å²) in [5.41, 5.74) is 1.55. The van der Waals surface area contributed by atoms with E-state index in [1.54, 1.807) is 17.0 Å². The first-order chi connectivity index (χ1) is 17.7. The molecule has 2 fully saturated rings. The number of phenols is 1. The number of aliphatic hydroxyl groups is 1. The van der Waals surface area contributed by atoms with E-state index in [9.17, 15) is 15.0 Å². The minimum absolute atomic E-state index is 0.0756. The summed E-state index contributed by atoms with van der Waals surface area (Å²) in [4.78, 5) is 17.6. The number of aromatic hydroxyl groups is 1. The highest BCUT2D eigenvalue weighted by molar-refractivity contribution is 5.92. The Balaban J connectivity index is 1.42. The van der Waals surface area contributed by atoms with Crippen molar-refractivity contribution < 1.29 is 19.7 Å². The second-order valence-corrected chi connectivity index (χ2v) is 11.5. The van der Waals surface area contributed by atoms with Gasteiger partial charge in [-0.05, 0) is 62.8 Å². The molecule has 2 aliphatic heterocycles. The van der Waals surface area contributed by atoms with Crippen molar-refractivity contribution in [3.8, 4) is 11.5 Å². The normalized spacial score (nSPS) is 33.6. The van der Waals surface area contributed by atoms with Gasteiger partial charge < -0.3 is 19.8 Å². The zero-order chi connectivity index (χ0) is 26.2. The molecule has 2 aromatic carbocycles. The van der Waals surface area contributed by atoms with Crippen LogP contribution < -0.4 is 4.74 Å². The number of rotatable bonds is 5. The van der Waals surface area contributed by atoms with Crippen LogP contribution in [0.1, 0.15) is 48.4 Å². The van der Waals surface area contributed by atoms with Crippen LogP contribution in [0, 0.1) is 6.92 Å². The van der Waals surface area contributed by atoms with E-state index in [0.717, 1.165) is 28.8 Å². The fourth-order valence-corrected chi connectivity index (χ4v) is 8.22. The maximum Gasteiger partial charge on any atom is 0.246 e. The van der Waals surface area contributed by atoms with Crippen molar-refractivity contribution >= 4 is 12.0 Å². The minimum atomic E-state index is -1.03. The Morgan fingerprint density at radius 1 is 1.30 bits per heavy atom. The molecule has 2 aliphatic carbocycles. The molecule has 0 unspecified atom stereocenters. The first-order valence-corrected chi connectivity index (χ1v) is 13.3. The van der Waals surface area contributed by atoms with Crippen molar-refractivity contribution in [2.75, 3.05) is 20.1 Å². The monoisotopic (exact) mass is 500 g/mol. The molecule has 1 saturated heterocycles. The van der Waals surface area contributed by atoms with E-state index < -0.39 is 16.6 Å². The number of piperidine rings is 1. The zero-order valence-electron chi connectivity index (χ0n) is 21.9. The molecule has 2 heterocycles. The SMILES string of the molecule is C=CCN1CC[C@]23c4c5ccc(O)c4O[C@@]2(C)[C@@H](N(C)C(=O)C=Cc2cccc(C)c2)CC[C@@]3(O)[C@H]1C5. The average molecular weight is 501 g/mol. The van der Waals surface area contributed by atoms with Crippen molar-refractivity contribution in [3.63, 3.8) is 0 Å². The molecule has 2 aromatic rings. The van der Waals surface area contributed by atoms with Crippen LogP contribution in [0.15, 0.2) is 55.1 Å². The van der Waals surface area contributed by atoms with E-state index >= 15 is 0 Å². The van der Waals surface area contributed by atoms with Gasteiger partial charge in [-0.2, -0.15) is 0 Å². The Bertz CT molecular complexity index is 1320. The molecule has 5 atom stereocenters. The van der Waals surface area contributed by atoms with Gasteiger partial charge in [-0.1, -0.05) is 42.0 Å².